The number of halogens is 2. The molecule has 0 aromatic heterocycles. The molecule has 0 bridgehead atoms. The van der Waals surface area contributed by atoms with Gasteiger partial charge in [-0.15, -0.1) is 11.8 Å². The molecule has 0 radical (unpaired) electrons. The van der Waals surface area contributed by atoms with E-state index in [0.717, 1.165) is 23.9 Å². The van der Waals surface area contributed by atoms with Gasteiger partial charge in [-0.05, 0) is 19.1 Å². The number of nitrogen functional groups attached to an aromatic ring is 1. The van der Waals surface area contributed by atoms with Crippen LogP contribution in [0.3, 0.4) is 0 Å². The van der Waals surface area contributed by atoms with Crippen molar-refractivity contribution in [2.75, 3.05) is 12.8 Å². The molecule has 0 aliphatic heterocycles. The van der Waals surface area contributed by atoms with Crippen molar-refractivity contribution in [3.8, 4) is 0 Å². The van der Waals surface area contributed by atoms with E-state index < -0.39 is 16.9 Å². The predicted molar refractivity (Wildman–Crippen MR) is 60.2 cm³/mol. The summed E-state index contributed by atoms with van der Waals surface area (Å²) in [6.45, 7) is 1.57. The van der Waals surface area contributed by atoms with Crippen molar-refractivity contribution in [2.45, 2.75) is 17.1 Å². The topological polar surface area (TPSA) is 55.1 Å². The number of hydrogen-bond donors (Lipinski definition) is 2. The van der Waals surface area contributed by atoms with E-state index in [9.17, 15) is 13.6 Å². The fourth-order valence-corrected chi connectivity index (χ4v) is 2.05. The first-order valence-electron chi connectivity index (χ1n) is 4.58. The Labute approximate surface area is 96.4 Å². The minimum Gasteiger partial charge on any atom is -0.399 e. The monoisotopic (exact) mass is 246 g/mol. The highest BCUT2D eigenvalue weighted by molar-refractivity contribution is 8.00. The SMILES string of the molecule is CNC(=O)C(C)Sc1c(F)cc(N)cc1F. The van der Waals surface area contributed by atoms with Crippen LogP contribution in [0.25, 0.3) is 0 Å². The molecule has 16 heavy (non-hydrogen) atoms. The molecule has 0 aliphatic rings. The van der Waals surface area contributed by atoms with Gasteiger partial charge in [0.2, 0.25) is 5.91 Å². The lowest BCUT2D eigenvalue weighted by Gasteiger charge is -2.11. The highest BCUT2D eigenvalue weighted by Gasteiger charge is 2.18. The van der Waals surface area contributed by atoms with Crippen molar-refractivity contribution in [2.24, 2.45) is 0 Å². The van der Waals surface area contributed by atoms with Gasteiger partial charge < -0.3 is 11.1 Å². The Morgan fingerprint density at radius 2 is 1.94 bits per heavy atom. The fraction of sp³-hybridized carbons (Fsp3) is 0.300. The van der Waals surface area contributed by atoms with Gasteiger partial charge in [-0.3, -0.25) is 4.79 Å². The second-order valence-electron chi connectivity index (χ2n) is 3.19. The van der Waals surface area contributed by atoms with Crippen LogP contribution in [0.1, 0.15) is 6.92 Å². The van der Waals surface area contributed by atoms with Crippen LogP contribution < -0.4 is 11.1 Å². The van der Waals surface area contributed by atoms with Gasteiger partial charge in [-0.1, -0.05) is 0 Å². The predicted octanol–water partition coefficient (Wildman–Crippen LogP) is 1.77. The Hall–Kier alpha value is -1.30. The molecule has 1 amide bonds. The van der Waals surface area contributed by atoms with Gasteiger partial charge in [-0.25, -0.2) is 8.78 Å². The number of thioether (sulfide) groups is 1. The molecule has 0 aliphatic carbocycles. The fourth-order valence-electron chi connectivity index (χ4n) is 1.13. The summed E-state index contributed by atoms with van der Waals surface area (Å²) in [5.41, 5.74) is 5.30. The lowest BCUT2D eigenvalue weighted by Crippen LogP contribution is -2.27. The van der Waals surface area contributed by atoms with Gasteiger partial charge in [0, 0.05) is 12.7 Å². The van der Waals surface area contributed by atoms with E-state index in [-0.39, 0.29) is 16.5 Å². The lowest BCUT2D eigenvalue weighted by molar-refractivity contribution is -0.119. The maximum absolute atomic E-state index is 13.4. The number of carbonyl (C=O) groups excluding carboxylic acids is 1. The number of anilines is 1. The lowest BCUT2D eigenvalue weighted by atomic mass is 10.3. The summed E-state index contributed by atoms with van der Waals surface area (Å²) in [6, 6.07) is 2.06. The van der Waals surface area contributed by atoms with Gasteiger partial charge >= 0.3 is 0 Å². The van der Waals surface area contributed by atoms with Crippen LogP contribution in [0.4, 0.5) is 14.5 Å². The maximum atomic E-state index is 13.4. The minimum atomic E-state index is -0.752. The van der Waals surface area contributed by atoms with Gasteiger partial charge in [0.25, 0.3) is 0 Å². The Morgan fingerprint density at radius 1 is 1.44 bits per heavy atom. The average Bonchev–Trinajstić information content (AvgIpc) is 2.21. The molecule has 0 fully saturated rings. The number of carbonyl (C=O) groups is 1. The van der Waals surface area contributed by atoms with Gasteiger partial charge in [0.05, 0.1) is 10.1 Å². The Kier molecular flexibility index (Phi) is 4.12. The van der Waals surface area contributed by atoms with E-state index in [1.807, 2.05) is 0 Å². The molecule has 0 saturated heterocycles. The van der Waals surface area contributed by atoms with Crippen LogP contribution in [0.2, 0.25) is 0 Å². The highest BCUT2D eigenvalue weighted by atomic mass is 32.2. The second-order valence-corrected chi connectivity index (χ2v) is 4.54. The molecule has 1 aromatic rings. The second kappa shape index (κ2) is 5.16. The first kappa shape index (κ1) is 12.8. The molecular weight excluding hydrogens is 234 g/mol. The molecule has 1 aromatic carbocycles. The van der Waals surface area contributed by atoms with E-state index in [2.05, 4.69) is 5.32 Å². The van der Waals surface area contributed by atoms with Crippen molar-refractivity contribution in [1.82, 2.24) is 5.32 Å². The van der Waals surface area contributed by atoms with Crippen molar-refractivity contribution in [1.29, 1.82) is 0 Å². The van der Waals surface area contributed by atoms with Crippen LogP contribution in [-0.4, -0.2) is 18.2 Å². The van der Waals surface area contributed by atoms with Crippen molar-refractivity contribution in [3.05, 3.63) is 23.8 Å². The largest absolute Gasteiger partial charge is 0.399 e. The summed E-state index contributed by atoms with van der Waals surface area (Å²) < 4.78 is 26.7. The third kappa shape index (κ3) is 2.85. The van der Waals surface area contributed by atoms with E-state index in [4.69, 9.17) is 5.73 Å². The molecule has 0 heterocycles. The summed E-state index contributed by atoms with van der Waals surface area (Å²) in [5.74, 6) is -1.79. The Bertz CT molecular complexity index is 389. The molecule has 3 N–H and O–H groups in total. The van der Waals surface area contributed by atoms with Crippen LogP contribution in [0.5, 0.6) is 0 Å². The smallest absolute Gasteiger partial charge is 0.232 e. The number of hydrogen-bond acceptors (Lipinski definition) is 3. The molecular formula is C10H12F2N2OS. The zero-order chi connectivity index (χ0) is 12.3. The summed E-state index contributed by atoms with van der Waals surface area (Å²) in [5, 5.41) is 1.83. The highest BCUT2D eigenvalue weighted by Crippen LogP contribution is 2.30. The zero-order valence-electron chi connectivity index (χ0n) is 8.88. The molecule has 1 rings (SSSR count). The van der Waals surface area contributed by atoms with Crippen molar-refractivity contribution in [3.63, 3.8) is 0 Å². The Balaban J connectivity index is 2.93. The molecule has 0 spiro atoms. The van der Waals surface area contributed by atoms with Crippen LogP contribution in [0.15, 0.2) is 17.0 Å². The van der Waals surface area contributed by atoms with Gasteiger partial charge in [0.15, 0.2) is 0 Å². The first-order chi connectivity index (χ1) is 7.45. The number of rotatable bonds is 3. The molecule has 0 saturated carbocycles. The number of nitrogens with one attached hydrogen (secondary N) is 1. The third-order valence-electron chi connectivity index (χ3n) is 1.93. The molecule has 1 atom stereocenters. The average molecular weight is 246 g/mol. The van der Waals surface area contributed by atoms with Crippen LogP contribution in [0, 0.1) is 11.6 Å². The summed E-state index contributed by atoms with van der Waals surface area (Å²) in [4.78, 5) is 11.0. The third-order valence-corrected chi connectivity index (χ3v) is 3.12. The number of nitrogens with two attached hydrogens (primary N) is 1. The summed E-state index contributed by atoms with van der Waals surface area (Å²) in [6.07, 6.45) is 0. The standard InChI is InChI=1S/C10H12F2N2OS/c1-5(10(15)14-2)16-9-7(11)3-6(13)4-8(9)12/h3-5H,13H2,1-2H3,(H,14,15). The minimum absolute atomic E-state index is 0.0203. The van der Waals surface area contributed by atoms with E-state index >= 15 is 0 Å². The van der Waals surface area contributed by atoms with Crippen LogP contribution in [-0.2, 0) is 4.79 Å². The van der Waals surface area contributed by atoms with Crippen LogP contribution >= 0.6 is 11.8 Å². The van der Waals surface area contributed by atoms with Crippen molar-refractivity contribution >= 4 is 23.4 Å². The zero-order valence-corrected chi connectivity index (χ0v) is 9.70. The summed E-state index contributed by atoms with van der Waals surface area (Å²) >= 11 is 0.821. The van der Waals surface area contributed by atoms with Gasteiger partial charge in [-0.2, -0.15) is 0 Å². The maximum Gasteiger partial charge on any atom is 0.232 e. The quantitative estimate of drug-likeness (QED) is 0.631. The molecule has 6 heteroatoms. The van der Waals surface area contributed by atoms with Gasteiger partial charge in [0.1, 0.15) is 11.6 Å². The molecule has 1 unspecified atom stereocenters. The molecule has 88 valence electrons. The number of amides is 1. The Morgan fingerprint density at radius 3 is 2.38 bits per heavy atom. The van der Waals surface area contributed by atoms with E-state index in [1.165, 1.54) is 7.05 Å². The molecule has 3 nitrogen and oxygen atoms in total. The number of benzene rings is 1. The van der Waals surface area contributed by atoms with E-state index in [0.29, 0.717) is 0 Å². The van der Waals surface area contributed by atoms with Crippen molar-refractivity contribution < 1.29 is 13.6 Å². The first-order valence-corrected chi connectivity index (χ1v) is 5.46. The summed E-state index contributed by atoms with van der Waals surface area (Å²) in [7, 11) is 1.47. The van der Waals surface area contributed by atoms with E-state index in [1.54, 1.807) is 6.92 Å². The normalized spacial score (nSPS) is 12.2.